The van der Waals surface area contributed by atoms with Crippen molar-refractivity contribution in [3.63, 3.8) is 0 Å². The van der Waals surface area contributed by atoms with Gasteiger partial charge in [-0.1, -0.05) is 12.1 Å². The van der Waals surface area contributed by atoms with Gasteiger partial charge in [0.1, 0.15) is 5.75 Å². The highest BCUT2D eigenvalue weighted by Gasteiger charge is 2.34. The summed E-state index contributed by atoms with van der Waals surface area (Å²) in [5.41, 5.74) is -0.337. The number of aromatic carboxylic acids is 1. The molecular weight excluding hydrogens is 375 g/mol. The van der Waals surface area contributed by atoms with E-state index in [9.17, 15) is 18.0 Å². The van der Waals surface area contributed by atoms with E-state index in [2.05, 4.69) is 9.97 Å². The van der Waals surface area contributed by atoms with Crippen molar-refractivity contribution in [2.24, 2.45) is 5.92 Å². The highest BCUT2D eigenvalue weighted by atomic mass is 19.4. The summed E-state index contributed by atoms with van der Waals surface area (Å²) in [7, 11) is 0. The lowest BCUT2D eigenvalue weighted by Crippen LogP contribution is -2.39. The maximum atomic E-state index is 13.1. The second-order valence-electron chi connectivity index (χ2n) is 6.76. The predicted molar refractivity (Wildman–Crippen MR) is 95.6 cm³/mol. The van der Waals surface area contributed by atoms with Gasteiger partial charge in [0, 0.05) is 24.7 Å². The van der Waals surface area contributed by atoms with E-state index in [0.29, 0.717) is 24.7 Å². The molecule has 2 heterocycles. The van der Waals surface area contributed by atoms with E-state index in [1.165, 1.54) is 24.3 Å². The first-order chi connectivity index (χ1) is 13.2. The third kappa shape index (κ3) is 4.71. The number of hydrogen-bond donors (Lipinski definition) is 1. The van der Waals surface area contributed by atoms with Gasteiger partial charge >= 0.3 is 12.1 Å². The summed E-state index contributed by atoms with van der Waals surface area (Å²) in [5, 5.41) is 9.17. The number of halogens is 3. The van der Waals surface area contributed by atoms with Crippen molar-refractivity contribution in [1.82, 2.24) is 9.97 Å². The van der Waals surface area contributed by atoms with Gasteiger partial charge in [0.25, 0.3) is 0 Å². The molecule has 3 rings (SSSR count). The molecule has 1 N–H and O–H groups in total. The minimum Gasteiger partial charge on any atom is -0.493 e. The normalized spacial score (nSPS) is 17.4. The fourth-order valence-corrected chi connectivity index (χ4v) is 3.22. The molecule has 0 bridgehead atoms. The Morgan fingerprint density at radius 3 is 2.79 bits per heavy atom. The number of carboxylic acid groups (broad SMARTS) is 1. The van der Waals surface area contributed by atoms with Gasteiger partial charge in [0.05, 0.1) is 12.2 Å². The largest absolute Gasteiger partial charge is 0.493 e. The van der Waals surface area contributed by atoms with E-state index in [0.717, 1.165) is 18.9 Å². The second kappa shape index (κ2) is 8.04. The van der Waals surface area contributed by atoms with Crippen molar-refractivity contribution in [2.45, 2.75) is 25.9 Å². The van der Waals surface area contributed by atoms with Crippen LogP contribution in [0.1, 0.15) is 34.6 Å². The van der Waals surface area contributed by atoms with Gasteiger partial charge < -0.3 is 14.7 Å². The molecule has 2 aromatic rings. The Kier molecular flexibility index (Phi) is 5.71. The Bertz CT molecular complexity index is 858. The maximum Gasteiger partial charge on any atom is 0.419 e. The number of aromatic nitrogens is 2. The van der Waals surface area contributed by atoms with Crippen molar-refractivity contribution in [1.29, 1.82) is 0 Å². The molecule has 1 aromatic carbocycles. The Morgan fingerprint density at radius 2 is 2.07 bits per heavy atom. The summed E-state index contributed by atoms with van der Waals surface area (Å²) in [6, 6.07) is 6.53. The zero-order valence-electron chi connectivity index (χ0n) is 15.2. The van der Waals surface area contributed by atoms with Crippen LogP contribution in [-0.4, -0.2) is 40.7 Å². The van der Waals surface area contributed by atoms with E-state index in [1.54, 1.807) is 6.92 Å². The van der Waals surface area contributed by atoms with Crippen molar-refractivity contribution < 1.29 is 27.8 Å². The molecule has 150 valence electrons. The molecule has 1 unspecified atom stereocenters. The van der Waals surface area contributed by atoms with E-state index in [1.807, 2.05) is 4.90 Å². The molecule has 1 aromatic heterocycles. The van der Waals surface area contributed by atoms with Crippen LogP contribution in [-0.2, 0) is 6.18 Å². The average Bonchev–Trinajstić information content (AvgIpc) is 2.65. The number of carboxylic acids is 1. The van der Waals surface area contributed by atoms with Gasteiger partial charge in [-0.05, 0) is 38.0 Å². The highest BCUT2D eigenvalue weighted by Crippen LogP contribution is 2.36. The number of nitrogens with zero attached hydrogens (tertiary/aromatic N) is 3. The lowest BCUT2D eigenvalue weighted by Gasteiger charge is -2.33. The monoisotopic (exact) mass is 395 g/mol. The van der Waals surface area contributed by atoms with E-state index < -0.39 is 17.7 Å². The van der Waals surface area contributed by atoms with Gasteiger partial charge in [-0.2, -0.15) is 13.2 Å². The Hall–Kier alpha value is -2.84. The van der Waals surface area contributed by atoms with E-state index in [-0.39, 0.29) is 24.0 Å². The summed E-state index contributed by atoms with van der Waals surface area (Å²) in [4.78, 5) is 21.4. The molecule has 1 saturated heterocycles. The van der Waals surface area contributed by atoms with Gasteiger partial charge in [-0.15, -0.1) is 0 Å². The smallest absolute Gasteiger partial charge is 0.419 e. The first-order valence-electron chi connectivity index (χ1n) is 8.87. The summed E-state index contributed by atoms with van der Waals surface area (Å²) in [6.45, 7) is 2.95. The fraction of sp³-hybridized carbons (Fsp3) is 0.421. The molecule has 0 radical (unpaired) electrons. The summed E-state index contributed by atoms with van der Waals surface area (Å²) in [6.07, 6.45) is -2.89. The molecule has 1 aliphatic heterocycles. The minimum absolute atomic E-state index is 0.0209. The molecule has 0 spiro atoms. The van der Waals surface area contributed by atoms with E-state index >= 15 is 0 Å². The van der Waals surface area contributed by atoms with Crippen molar-refractivity contribution in [3.8, 4) is 5.75 Å². The highest BCUT2D eigenvalue weighted by molar-refractivity contribution is 5.85. The van der Waals surface area contributed by atoms with Crippen molar-refractivity contribution in [2.75, 3.05) is 24.6 Å². The first kappa shape index (κ1) is 19.9. The van der Waals surface area contributed by atoms with Crippen LogP contribution < -0.4 is 9.64 Å². The van der Waals surface area contributed by atoms with Crippen molar-refractivity contribution >= 4 is 11.9 Å². The first-order valence-corrected chi connectivity index (χ1v) is 8.87. The molecule has 0 saturated carbocycles. The lowest BCUT2D eigenvalue weighted by atomic mass is 9.99. The molecule has 1 aliphatic rings. The standard InChI is InChI=1S/C19H20F3N3O3/c1-12-9-15(17(26)27)24-18(23-12)25-8-4-5-13(10-25)11-28-16-7-3-2-6-14(16)19(20,21)22/h2-3,6-7,9,13H,4-5,8,10-11H2,1H3,(H,26,27). The minimum atomic E-state index is -4.47. The lowest BCUT2D eigenvalue weighted by molar-refractivity contribution is -0.139. The number of piperidine rings is 1. The number of carbonyl (C=O) groups is 1. The average molecular weight is 395 g/mol. The van der Waals surface area contributed by atoms with Crippen LogP contribution in [0.4, 0.5) is 19.1 Å². The van der Waals surface area contributed by atoms with Crippen LogP contribution in [0.2, 0.25) is 0 Å². The van der Waals surface area contributed by atoms with Crippen LogP contribution in [0.25, 0.3) is 0 Å². The van der Waals surface area contributed by atoms with Crippen LogP contribution in [0, 0.1) is 12.8 Å². The predicted octanol–water partition coefficient (Wildman–Crippen LogP) is 3.80. The van der Waals surface area contributed by atoms with Crippen LogP contribution in [0.5, 0.6) is 5.75 Å². The number of anilines is 1. The number of benzene rings is 1. The molecule has 0 amide bonds. The molecule has 28 heavy (non-hydrogen) atoms. The molecule has 1 atom stereocenters. The topological polar surface area (TPSA) is 75.5 Å². The summed E-state index contributed by atoms with van der Waals surface area (Å²) < 4.78 is 44.7. The van der Waals surface area contributed by atoms with Crippen LogP contribution in [0.3, 0.4) is 0 Å². The fourth-order valence-electron chi connectivity index (χ4n) is 3.22. The third-order valence-corrected chi connectivity index (χ3v) is 4.53. The zero-order chi connectivity index (χ0) is 20.3. The molecular formula is C19H20F3N3O3. The summed E-state index contributed by atoms with van der Waals surface area (Å²) in [5.74, 6) is -1.02. The molecule has 0 aliphatic carbocycles. The van der Waals surface area contributed by atoms with Gasteiger partial charge in [-0.3, -0.25) is 0 Å². The molecule has 9 heteroatoms. The number of ether oxygens (including phenoxy) is 1. The van der Waals surface area contributed by atoms with Gasteiger partial charge in [0.2, 0.25) is 5.95 Å². The number of para-hydroxylation sites is 1. The van der Waals surface area contributed by atoms with Gasteiger partial charge in [-0.25, -0.2) is 14.8 Å². The SMILES string of the molecule is Cc1cc(C(=O)O)nc(N2CCCC(COc3ccccc3C(F)(F)F)C2)n1. The Morgan fingerprint density at radius 1 is 1.32 bits per heavy atom. The summed E-state index contributed by atoms with van der Waals surface area (Å²) >= 11 is 0. The number of aryl methyl sites for hydroxylation is 1. The Balaban J connectivity index is 1.69. The molecule has 6 nitrogen and oxygen atoms in total. The zero-order valence-corrected chi connectivity index (χ0v) is 15.2. The van der Waals surface area contributed by atoms with Crippen molar-refractivity contribution in [3.05, 3.63) is 47.3 Å². The third-order valence-electron chi connectivity index (χ3n) is 4.53. The number of alkyl halides is 3. The molecule has 1 fully saturated rings. The number of rotatable bonds is 5. The van der Waals surface area contributed by atoms with Crippen LogP contribution >= 0.6 is 0 Å². The van der Waals surface area contributed by atoms with Crippen LogP contribution in [0.15, 0.2) is 30.3 Å². The maximum absolute atomic E-state index is 13.1. The van der Waals surface area contributed by atoms with Gasteiger partial charge in [0.15, 0.2) is 5.69 Å². The Labute approximate surface area is 160 Å². The number of hydrogen-bond acceptors (Lipinski definition) is 5. The van der Waals surface area contributed by atoms with E-state index in [4.69, 9.17) is 9.84 Å². The second-order valence-corrected chi connectivity index (χ2v) is 6.76. The quantitative estimate of drug-likeness (QED) is 0.830.